The number of hydrogen-bond acceptors (Lipinski definition) is 2. The van der Waals surface area contributed by atoms with Crippen LogP contribution in [0.25, 0.3) is 0 Å². The first-order valence-electron chi connectivity index (χ1n) is 7.24. The molecule has 0 saturated heterocycles. The molecule has 0 atom stereocenters. The van der Waals surface area contributed by atoms with E-state index in [1.807, 2.05) is 55.6 Å². The topological polar surface area (TPSA) is 21.5 Å². The largest absolute Gasteiger partial charge is 1.00 e. The molecular formula is C18H19ClINO2. The van der Waals surface area contributed by atoms with Gasteiger partial charge in [-0.25, -0.2) is 0 Å². The lowest BCUT2D eigenvalue weighted by molar-refractivity contribution is -0.562. The van der Waals surface area contributed by atoms with Gasteiger partial charge in [-0.15, -0.1) is 0 Å². The van der Waals surface area contributed by atoms with Crippen LogP contribution in [0.5, 0.6) is 11.5 Å². The van der Waals surface area contributed by atoms with Gasteiger partial charge in [0.05, 0.1) is 0 Å². The standard InChI is InChI=1S/C18H19ClNO2.HI/c1-18(2)12-21-17(20(18)3)14-10-7-11-15(16(14)19)22-13-8-5-4-6-9-13;/h4-11H,12H2,1-3H3;1H/q+1;/p-1. The van der Waals surface area contributed by atoms with Crippen molar-refractivity contribution in [2.45, 2.75) is 19.4 Å². The number of ether oxygens (including phenoxy) is 2. The van der Waals surface area contributed by atoms with Crippen LogP contribution in [0.4, 0.5) is 0 Å². The van der Waals surface area contributed by atoms with Crippen LogP contribution >= 0.6 is 11.6 Å². The van der Waals surface area contributed by atoms with Gasteiger partial charge in [0.2, 0.25) is 0 Å². The van der Waals surface area contributed by atoms with E-state index in [9.17, 15) is 0 Å². The minimum absolute atomic E-state index is 0. The zero-order valence-corrected chi connectivity index (χ0v) is 16.3. The smallest absolute Gasteiger partial charge is 0.372 e. The second kappa shape index (κ2) is 7.09. The molecule has 1 heterocycles. The van der Waals surface area contributed by atoms with E-state index in [2.05, 4.69) is 18.4 Å². The Balaban J connectivity index is 0.00000192. The fourth-order valence-corrected chi connectivity index (χ4v) is 2.59. The lowest BCUT2D eigenvalue weighted by Crippen LogP contribution is -3.00. The van der Waals surface area contributed by atoms with Gasteiger partial charge in [-0.1, -0.05) is 35.9 Å². The lowest BCUT2D eigenvalue weighted by atomic mass is 10.1. The highest BCUT2D eigenvalue weighted by molar-refractivity contribution is 6.35. The summed E-state index contributed by atoms with van der Waals surface area (Å²) in [6.07, 6.45) is 0. The van der Waals surface area contributed by atoms with Crippen molar-refractivity contribution in [3.8, 4) is 11.5 Å². The molecular weight excluding hydrogens is 425 g/mol. The third-order valence-corrected chi connectivity index (χ3v) is 4.33. The Labute approximate surface area is 158 Å². The minimum Gasteiger partial charge on any atom is -1.00 e. The van der Waals surface area contributed by atoms with E-state index < -0.39 is 0 Å². The average molecular weight is 444 g/mol. The summed E-state index contributed by atoms with van der Waals surface area (Å²) in [5.41, 5.74) is 0.803. The number of nitrogens with zero attached hydrogens (tertiary/aromatic N) is 1. The number of rotatable bonds is 3. The molecule has 23 heavy (non-hydrogen) atoms. The monoisotopic (exact) mass is 443 g/mol. The lowest BCUT2D eigenvalue weighted by Gasteiger charge is -2.10. The van der Waals surface area contributed by atoms with E-state index in [1.54, 1.807) is 0 Å². The second-order valence-electron chi connectivity index (χ2n) is 6.00. The van der Waals surface area contributed by atoms with Crippen molar-refractivity contribution in [1.29, 1.82) is 0 Å². The van der Waals surface area contributed by atoms with Crippen LogP contribution in [0, 0.1) is 0 Å². The third kappa shape index (κ3) is 3.63. The average Bonchev–Trinajstić information content (AvgIpc) is 2.77. The number of hydrogen-bond donors (Lipinski definition) is 0. The van der Waals surface area contributed by atoms with E-state index in [0.29, 0.717) is 17.4 Å². The fraction of sp³-hybridized carbons (Fsp3) is 0.278. The molecule has 0 unspecified atom stereocenters. The van der Waals surface area contributed by atoms with Crippen LogP contribution in [0.1, 0.15) is 19.4 Å². The van der Waals surface area contributed by atoms with Gasteiger partial charge in [-0.3, -0.25) is 0 Å². The first-order valence-corrected chi connectivity index (χ1v) is 7.62. The highest BCUT2D eigenvalue weighted by Crippen LogP contribution is 2.33. The third-order valence-electron chi connectivity index (χ3n) is 3.94. The Morgan fingerprint density at radius 2 is 1.78 bits per heavy atom. The summed E-state index contributed by atoms with van der Waals surface area (Å²) < 4.78 is 13.8. The van der Waals surface area contributed by atoms with E-state index in [4.69, 9.17) is 21.1 Å². The second-order valence-corrected chi connectivity index (χ2v) is 6.38. The molecule has 0 N–H and O–H groups in total. The maximum absolute atomic E-state index is 6.54. The van der Waals surface area contributed by atoms with Gasteiger partial charge in [0.15, 0.2) is 12.1 Å². The van der Waals surface area contributed by atoms with E-state index in [-0.39, 0.29) is 29.5 Å². The summed E-state index contributed by atoms with van der Waals surface area (Å²) in [7, 11) is 2.02. The molecule has 0 spiro atoms. The highest BCUT2D eigenvalue weighted by Gasteiger charge is 2.41. The summed E-state index contributed by atoms with van der Waals surface area (Å²) in [5.74, 6) is 2.17. The zero-order valence-electron chi connectivity index (χ0n) is 13.3. The summed E-state index contributed by atoms with van der Waals surface area (Å²) in [6.45, 7) is 4.91. The molecule has 3 nitrogen and oxygen atoms in total. The normalized spacial score (nSPS) is 15.8. The summed E-state index contributed by atoms with van der Waals surface area (Å²) >= 11 is 6.54. The molecule has 122 valence electrons. The minimum atomic E-state index is -0.0467. The summed E-state index contributed by atoms with van der Waals surface area (Å²) in [5, 5.41) is 0.561. The van der Waals surface area contributed by atoms with Crippen LogP contribution in [0.3, 0.4) is 0 Å². The first kappa shape index (κ1) is 18.1. The molecule has 5 heteroatoms. The number of halogens is 2. The Morgan fingerprint density at radius 1 is 1.09 bits per heavy atom. The van der Waals surface area contributed by atoms with Crippen molar-refractivity contribution in [1.82, 2.24) is 0 Å². The van der Waals surface area contributed by atoms with Gasteiger partial charge in [-0.2, -0.15) is 4.58 Å². The van der Waals surface area contributed by atoms with Crippen molar-refractivity contribution in [3.63, 3.8) is 0 Å². The van der Waals surface area contributed by atoms with Crippen LogP contribution in [-0.2, 0) is 4.74 Å². The van der Waals surface area contributed by atoms with Crippen LogP contribution in [0.2, 0.25) is 5.02 Å². The van der Waals surface area contributed by atoms with Crippen molar-refractivity contribution >= 4 is 17.5 Å². The Morgan fingerprint density at radius 3 is 2.39 bits per heavy atom. The van der Waals surface area contributed by atoms with Crippen LogP contribution in [-0.4, -0.2) is 29.7 Å². The molecule has 3 rings (SSSR count). The molecule has 0 aromatic heterocycles. The quantitative estimate of drug-likeness (QED) is 0.527. The van der Waals surface area contributed by atoms with Gasteiger partial charge >= 0.3 is 5.90 Å². The molecule has 0 fully saturated rings. The summed E-state index contributed by atoms with van der Waals surface area (Å²) in [4.78, 5) is 0. The molecule has 0 amide bonds. The Hall–Kier alpha value is -1.27. The predicted octanol–water partition coefficient (Wildman–Crippen LogP) is 1.33. The fourth-order valence-electron chi connectivity index (χ4n) is 2.34. The van der Waals surface area contributed by atoms with Gasteiger partial charge in [0.25, 0.3) is 0 Å². The molecule has 0 saturated carbocycles. The van der Waals surface area contributed by atoms with E-state index in [1.165, 1.54) is 0 Å². The van der Waals surface area contributed by atoms with Crippen molar-refractivity contribution in [2.24, 2.45) is 0 Å². The van der Waals surface area contributed by atoms with Crippen molar-refractivity contribution < 1.29 is 38.0 Å². The maximum atomic E-state index is 6.54. The first-order chi connectivity index (χ1) is 10.5. The molecule has 1 aliphatic rings. The maximum Gasteiger partial charge on any atom is 0.372 e. The molecule has 2 aromatic carbocycles. The highest BCUT2D eigenvalue weighted by atomic mass is 127. The van der Waals surface area contributed by atoms with Gasteiger partial charge in [0, 0.05) is 13.8 Å². The van der Waals surface area contributed by atoms with Gasteiger partial charge in [-0.05, 0) is 24.3 Å². The Kier molecular flexibility index (Phi) is 5.57. The predicted molar refractivity (Wildman–Crippen MR) is 88.3 cm³/mol. The number of para-hydroxylation sites is 1. The molecule has 0 bridgehead atoms. The molecule has 0 radical (unpaired) electrons. The van der Waals surface area contributed by atoms with Crippen LogP contribution < -0.4 is 28.7 Å². The molecule has 0 aliphatic carbocycles. The van der Waals surface area contributed by atoms with E-state index in [0.717, 1.165) is 17.2 Å². The SMILES string of the molecule is C[N+]1=C(c2cccc(Oc3ccccc3)c2Cl)OCC1(C)C.[I-]. The number of likely N-dealkylation sites (N-methyl/N-ethyl adjacent to an activating group) is 1. The van der Waals surface area contributed by atoms with Crippen molar-refractivity contribution in [3.05, 3.63) is 59.1 Å². The van der Waals surface area contributed by atoms with E-state index >= 15 is 0 Å². The van der Waals surface area contributed by atoms with Crippen LogP contribution in [0.15, 0.2) is 48.5 Å². The summed E-state index contributed by atoms with van der Waals surface area (Å²) in [6, 6.07) is 15.3. The van der Waals surface area contributed by atoms with Crippen molar-refractivity contribution in [2.75, 3.05) is 13.7 Å². The Bertz CT molecular complexity index is 729. The van der Waals surface area contributed by atoms with Gasteiger partial charge < -0.3 is 33.5 Å². The van der Waals surface area contributed by atoms with Gasteiger partial charge in [0.1, 0.15) is 29.1 Å². The number of benzene rings is 2. The molecule has 2 aromatic rings. The zero-order chi connectivity index (χ0) is 15.7. The molecule has 1 aliphatic heterocycles.